The van der Waals surface area contributed by atoms with Gasteiger partial charge in [0, 0.05) is 25.7 Å². The molecule has 5 atom stereocenters. The summed E-state index contributed by atoms with van der Waals surface area (Å²) in [6.07, 6.45) is 32.4. The molecule has 0 aromatic carbocycles. The second-order valence-electron chi connectivity index (χ2n) is 23.5. The number of aliphatic hydroxyl groups excluding tert-OH is 1. The summed E-state index contributed by atoms with van der Waals surface area (Å²) in [5, 5.41) is 10.5. The summed E-state index contributed by atoms with van der Waals surface area (Å²) in [5.41, 5.74) is 0. The van der Waals surface area contributed by atoms with Crippen LogP contribution in [-0.2, 0) is 65.4 Å². The molecule has 2 unspecified atom stereocenters. The third kappa shape index (κ3) is 55.3. The number of ether oxygens (including phenoxy) is 4. The Morgan fingerprint density at radius 3 is 0.850 bits per heavy atom. The van der Waals surface area contributed by atoms with E-state index in [9.17, 15) is 43.2 Å². The van der Waals surface area contributed by atoms with E-state index in [1.165, 1.54) is 96.3 Å². The van der Waals surface area contributed by atoms with Crippen molar-refractivity contribution in [2.45, 2.75) is 311 Å². The van der Waals surface area contributed by atoms with E-state index in [0.29, 0.717) is 37.5 Å². The first kappa shape index (κ1) is 78.1. The van der Waals surface area contributed by atoms with Crippen molar-refractivity contribution in [3.8, 4) is 0 Å². The molecule has 0 aromatic heterocycles. The van der Waals surface area contributed by atoms with Gasteiger partial charge in [0.1, 0.15) is 19.3 Å². The van der Waals surface area contributed by atoms with Crippen molar-refractivity contribution in [2.75, 3.05) is 39.6 Å². The van der Waals surface area contributed by atoms with Crippen molar-refractivity contribution in [2.24, 2.45) is 17.8 Å². The highest BCUT2D eigenvalue weighted by Gasteiger charge is 2.30. The third-order valence-electron chi connectivity index (χ3n) is 13.9. The largest absolute Gasteiger partial charge is 0.472 e. The van der Waals surface area contributed by atoms with Crippen molar-refractivity contribution >= 4 is 39.5 Å². The van der Waals surface area contributed by atoms with Crippen LogP contribution < -0.4 is 0 Å². The van der Waals surface area contributed by atoms with Crippen molar-refractivity contribution < 1.29 is 80.2 Å². The van der Waals surface area contributed by atoms with E-state index >= 15 is 0 Å². The molecule has 0 saturated heterocycles. The molecule has 0 aliphatic carbocycles. The van der Waals surface area contributed by atoms with Crippen LogP contribution in [0.5, 0.6) is 0 Å². The average Bonchev–Trinajstić information content (AvgIpc) is 3.40. The van der Waals surface area contributed by atoms with Gasteiger partial charge in [0.25, 0.3) is 0 Å². The van der Waals surface area contributed by atoms with Crippen LogP contribution in [0.15, 0.2) is 0 Å². The van der Waals surface area contributed by atoms with E-state index in [4.69, 9.17) is 37.0 Å². The van der Waals surface area contributed by atoms with Crippen molar-refractivity contribution in [3.63, 3.8) is 0 Å². The van der Waals surface area contributed by atoms with Gasteiger partial charge in [-0.2, -0.15) is 0 Å². The molecular weight excluding hydrogens is 1070 g/mol. The lowest BCUT2D eigenvalue weighted by atomic mass is 10.0. The van der Waals surface area contributed by atoms with Crippen LogP contribution in [0.2, 0.25) is 0 Å². The Balaban J connectivity index is 5.23. The molecule has 0 amide bonds. The Hall–Kier alpha value is -1.94. The molecule has 3 N–H and O–H groups in total. The zero-order chi connectivity index (χ0) is 59.5. The standard InChI is InChI=1S/C61H118O17P2/c1-8-9-10-11-12-15-19-28-35-42-58(63)71-48-57(78-61(66)45-38-31-24-22-27-34-41-54(6)7)51-76-80(69,70)74-47-55(62)46-73-79(67,68)75-50-56(49-72-59(64)43-36-29-23-21-26-33-40-53(4)5)77-60(65)44-37-30-20-17-14-13-16-18-25-32-39-52(2)3/h52-57,62H,8-51H2,1-7H3,(H,67,68)(H,69,70)/t55-,56-,57-/m1/s1. The molecule has 0 fully saturated rings. The highest BCUT2D eigenvalue weighted by atomic mass is 31.2. The minimum Gasteiger partial charge on any atom is -0.462 e. The van der Waals surface area contributed by atoms with Gasteiger partial charge in [-0.05, 0) is 43.4 Å². The van der Waals surface area contributed by atoms with Gasteiger partial charge in [-0.1, -0.05) is 241 Å². The number of carbonyl (C=O) groups excluding carboxylic acids is 4. The smallest absolute Gasteiger partial charge is 0.462 e. The number of hydrogen-bond acceptors (Lipinski definition) is 15. The molecule has 0 heterocycles. The first-order valence-electron chi connectivity index (χ1n) is 31.8. The third-order valence-corrected chi connectivity index (χ3v) is 15.8. The van der Waals surface area contributed by atoms with Crippen LogP contribution in [0.1, 0.15) is 292 Å². The molecule has 19 heteroatoms. The monoisotopic (exact) mass is 1180 g/mol. The van der Waals surface area contributed by atoms with Gasteiger partial charge in [0.2, 0.25) is 0 Å². The first-order valence-corrected chi connectivity index (χ1v) is 34.8. The molecule has 0 aliphatic heterocycles. The SMILES string of the molecule is CCCCCCCCCCCC(=O)OC[C@H](COP(=O)(O)OC[C@H](O)COP(=O)(O)OC[C@@H](COC(=O)CCCCCCCCC(C)C)OC(=O)CCCCCCCCCCCCC(C)C)OC(=O)CCCCCCCCC(C)C. The summed E-state index contributed by atoms with van der Waals surface area (Å²) in [6, 6.07) is 0. The molecule has 0 rings (SSSR count). The van der Waals surface area contributed by atoms with Crippen LogP contribution >= 0.6 is 15.6 Å². The van der Waals surface area contributed by atoms with E-state index in [2.05, 4.69) is 48.5 Å². The lowest BCUT2D eigenvalue weighted by Gasteiger charge is -2.21. The molecule has 17 nitrogen and oxygen atoms in total. The molecule has 80 heavy (non-hydrogen) atoms. The quantitative estimate of drug-likeness (QED) is 0.0222. The number of carbonyl (C=O) groups is 4. The number of phosphoric acid groups is 2. The van der Waals surface area contributed by atoms with E-state index in [0.717, 1.165) is 102 Å². The van der Waals surface area contributed by atoms with Crippen molar-refractivity contribution in [3.05, 3.63) is 0 Å². The fourth-order valence-corrected chi connectivity index (χ4v) is 10.5. The Labute approximate surface area is 486 Å². The molecule has 0 saturated carbocycles. The summed E-state index contributed by atoms with van der Waals surface area (Å²) < 4.78 is 67.8. The zero-order valence-corrected chi connectivity index (χ0v) is 53.3. The average molecular weight is 1190 g/mol. The number of hydrogen-bond donors (Lipinski definition) is 3. The minimum absolute atomic E-state index is 0.101. The van der Waals surface area contributed by atoms with Crippen molar-refractivity contribution in [1.29, 1.82) is 0 Å². The van der Waals surface area contributed by atoms with E-state index in [1.54, 1.807) is 0 Å². The zero-order valence-electron chi connectivity index (χ0n) is 51.5. The Morgan fingerprint density at radius 2 is 0.575 bits per heavy atom. The summed E-state index contributed by atoms with van der Waals surface area (Å²) in [5.74, 6) is -0.0458. The fourth-order valence-electron chi connectivity index (χ4n) is 8.95. The first-order chi connectivity index (χ1) is 38.2. The number of esters is 4. The predicted molar refractivity (Wildman–Crippen MR) is 317 cm³/mol. The number of aliphatic hydroxyl groups is 1. The maximum absolute atomic E-state index is 12.9. The molecule has 474 valence electrons. The van der Waals surface area contributed by atoms with E-state index in [-0.39, 0.29) is 25.7 Å². The molecule has 0 spiro atoms. The summed E-state index contributed by atoms with van der Waals surface area (Å²) in [4.78, 5) is 72.0. The Morgan fingerprint density at radius 1 is 0.338 bits per heavy atom. The van der Waals surface area contributed by atoms with Gasteiger partial charge < -0.3 is 33.8 Å². The Kier molecular flexibility index (Phi) is 51.3. The maximum Gasteiger partial charge on any atom is 0.472 e. The molecule has 0 bridgehead atoms. The van der Waals surface area contributed by atoms with Crippen LogP contribution in [0, 0.1) is 17.8 Å². The van der Waals surface area contributed by atoms with Crippen molar-refractivity contribution in [1.82, 2.24) is 0 Å². The predicted octanol–water partition coefficient (Wildman–Crippen LogP) is 16.3. The minimum atomic E-state index is -4.94. The van der Waals surface area contributed by atoms with Crippen LogP contribution in [0.4, 0.5) is 0 Å². The van der Waals surface area contributed by atoms with Gasteiger partial charge in [0.05, 0.1) is 26.4 Å². The molecule has 0 aromatic rings. The summed E-state index contributed by atoms with van der Waals surface area (Å²) >= 11 is 0. The van der Waals surface area contributed by atoms with Gasteiger partial charge in [-0.15, -0.1) is 0 Å². The molecule has 0 aliphatic rings. The number of unbranched alkanes of at least 4 members (excludes halogenated alkanes) is 27. The molecular formula is C61H118O17P2. The lowest BCUT2D eigenvalue weighted by Crippen LogP contribution is -2.30. The lowest BCUT2D eigenvalue weighted by molar-refractivity contribution is -0.161. The second-order valence-corrected chi connectivity index (χ2v) is 26.4. The number of phosphoric ester groups is 2. The van der Waals surface area contributed by atoms with Crippen LogP contribution in [0.25, 0.3) is 0 Å². The second kappa shape index (κ2) is 52.6. The van der Waals surface area contributed by atoms with Gasteiger partial charge in [0.15, 0.2) is 12.2 Å². The van der Waals surface area contributed by atoms with Gasteiger partial charge in [-0.3, -0.25) is 37.3 Å². The van der Waals surface area contributed by atoms with Crippen LogP contribution in [-0.4, -0.2) is 96.7 Å². The van der Waals surface area contributed by atoms with E-state index in [1.807, 2.05) is 0 Å². The highest BCUT2D eigenvalue weighted by Crippen LogP contribution is 2.45. The number of rotatable bonds is 59. The normalized spacial score (nSPS) is 14.5. The topological polar surface area (TPSA) is 237 Å². The van der Waals surface area contributed by atoms with Crippen LogP contribution in [0.3, 0.4) is 0 Å². The highest BCUT2D eigenvalue weighted by molar-refractivity contribution is 7.47. The van der Waals surface area contributed by atoms with E-state index < -0.39 is 97.5 Å². The van der Waals surface area contributed by atoms with Gasteiger partial charge in [-0.25, -0.2) is 9.13 Å². The summed E-state index contributed by atoms with van der Waals surface area (Å²) in [7, 11) is -9.88. The maximum atomic E-state index is 12.9. The Bertz CT molecular complexity index is 1600. The fraction of sp³-hybridized carbons (Fsp3) is 0.934. The van der Waals surface area contributed by atoms with Gasteiger partial charge >= 0.3 is 39.5 Å². The molecule has 0 radical (unpaired) electrons. The summed E-state index contributed by atoms with van der Waals surface area (Å²) in [6.45, 7) is 11.6.